The molecule has 1 heterocycles. The third kappa shape index (κ3) is 2.67. The first-order chi connectivity index (χ1) is 8.58. The first-order valence-corrected chi connectivity index (χ1v) is 5.97. The molecule has 0 spiro atoms. The summed E-state index contributed by atoms with van der Waals surface area (Å²) in [7, 11) is 0. The molecule has 1 aliphatic carbocycles. The van der Waals surface area contributed by atoms with Crippen molar-refractivity contribution in [3.8, 4) is 0 Å². The summed E-state index contributed by atoms with van der Waals surface area (Å²) in [6, 6.07) is 1.14. The van der Waals surface area contributed by atoms with Crippen molar-refractivity contribution in [3.63, 3.8) is 0 Å². The van der Waals surface area contributed by atoms with Crippen LogP contribution < -0.4 is 11.1 Å². The summed E-state index contributed by atoms with van der Waals surface area (Å²) < 4.78 is 0. The van der Waals surface area contributed by atoms with Gasteiger partial charge in [-0.3, -0.25) is 14.9 Å². The molecule has 0 radical (unpaired) electrons. The zero-order valence-electron chi connectivity index (χ0n) is 9.89. The van der Waals surface area contributed by atoms with Crippen molar-refractivity contribution in [2.75, 3.05) is 0 Å². The van der Waals surface area contributed by atoms with E-state index in [1.165, 1.54) is 12.3 Å². The van der Waals surface area contributed by atoms with Crippen LogP contribution in [0, 0.1) is 10.1 Å². The van der Waals surface area contributed by atoms with E-state index in [9.17, 15) is 14.9 Å². The molecule has 2 rings (SSSR count). The van der Waals surface area contributed by atoms with Gasteiger partial charge in [0.05, 0.1) is 11.1 Å². The summed E-state index contributed by atoms with van der Waals surface area (Å²) >= 11 is 0. The van der Waals surface area contributed by atoms with Gasteiger partial charge in [-0.05, 0) is 12.8 Å². The van der Waals surface area contributed by atoms with E-state index < -0.39 is 4.92 Å². The van der Waals surface area contributed by atoms with Crippen LogP contribution in [0.25, 0.3) is 0 Å². The molecule has 0 saturated heterocycles. The van der Waals surface area contributed by atoms with E-state index in [1.807, 2.05) is 0 Å². The molecule has 0 unspecified atom stereocenters. The van der Waals surface area contributed by atoms with Crippen LogP contribution in [0.15, 0.2) is 12.3 Å². The number of hydrogen-bond acceptors (Lipinski definition) is 4. The Labute approximate surface area is 104 Å². The van der Waals surface area contributed by atoms with Gasteiger partial charge in [0.25, 0.3) is 11.6 Å². The molecule has 1 fully saturated rings. The van der Waals surface area contributed by atoms with Crippen LogP contribution in [-0.2, 0) is 0 Å². The minimum Gasteiger partial charge on any atom is -0.351 e. The lowest BCUT2D eigenvalue weighted by Gasteiger charge is -2.29. The number of aromatic nitrogens is 1. The van der Waals surface area contributed by atoms with Crippen LogP contribution >= 0.6 is 0 Å². The first-order valence-electron chi connectivity index (χ1n) is 5.97. The molecular formula is C11H16N4O3. The third-order valence-electron chi connectivity index (χ3n) is 3.26. The highest BCUT2D eigenvalue weighted by Crippen LogP contribution is 2.18. The number of amides is 1. The van der Waals surface area contributed by atoms with E-state index in [0.717, 1.165) is 25.7 Å². The molecule has 1 aromatic heterocycles. The highest BCUT2D eigenvalue weighted by Gasteiger charge is 2.24. The molecule has 0 aliphatic heterocycles. The van der Waals surface area contributed by atoms with Gasteiger partial charge >= 0.3 is 0 Å². The summed E-state index contributed by atoms with van der Waals surface area (Å²) in [4.78, 5) is 24.4. The van der Waals surface area contributed by atoms with Crippen molar-refractivity contribution in [2.24, 2.45) is 5.73 Å². The second-order valence-corrected chi connectivity index (χ2v) is 4.56. The number of nitro groups is 1. The summed E-state index contributed by atoms with van der Waals surface area (Å²) in [5.41, 5.74) is 6.00. The number of carbonyl (C=O) groups is 1. The van der Waals surface area contributed by atoms with Crippen LogP contribution in [0.5, 0.6) is 0 Å². The van der Waals surface area contributed by atoms with Gasteiger partial charge in [0, 0.05) is 18.2 Å². The maximum atomic E-state index is 11.9. The zero-order chi connectivity index (χ0) is 13.1. The van der Waals surface area contributed by atoms with Gasteiger partial charge in [-0.1, -0.05) is 12.8 Å². The smallest absolute Gasteiger partial charge is 0.287 e. The first kappa shape index (κ1) is 12.6. The lowest BCUT2D eigenvalue weighted by molar-refractivity contribution is -0.384. The summed E-state index contributed by atoms with van der Waals surface area (Å²) in [5, 5.41) is 13.3. The van der Waals surface area contributed by atoms with Gasteiger partial charge in [-0.15, -0.1) is 0 Å². The van der Waals surface area contributed by atoms with Gasteiger partial charge in [0.15, 0.2) is 0 Å². The quantitative estimate of drug-likeness (QED) is 0.548. The molecule has 1 amide bonds. The second kappa shape index (κ2) is 5.18. The molecule has 2 atom stereocenters. The van der Waals surface area contributed by atoms with Crippen molar-refractivity contribution in [1.29, 1.82) is 0 Å². The maximum Gasteiger partial charge on any atom is 0.287 e. The van der Waals surface area contributed by atoms with Crippen molar-refractivity contribution in [1.82, 2.24) is 10.3 Å². The maximum absolute atomic E-state index is 11.9. The molecule has 1 aromatic rings. The lowest BCUT2D eigenvalue weighted by atomic mass is 9.91. The molecule has 4 N–H and O–H groups in total. The Morgan fingerprint density at radius 3 is 2.83 bits per heavy atom. The van der Waals surface area contributed by atoms with Crippen LogP contribution in [0.2, 0.25) is 0 Å². The van der Waals surface area contributed by atoms with Crippen molar-refractivity contribution >= 4 is 11.6 Å². The number of hydrogen-bond donors (Lipinski definition) is 3. The van der Waals surface area contributed by atoms with Gasteiger partial charge in [-0.25, -0.2) is 0 Å². The Morgan fingerprint density at radius 2 is 2.22 bits per heavy atom. The van der Waals surface area contributed by atoms with Crippen LogP contribution in [0.1, 0.15) is 36.2 Å². The fraction of sp³-hybridized carbons (Fsp3) is 0.545. The monoisotopic (exact) mass is 252 g/mol. The van der Waals surface area contributed by atoms with E-state index in [4.69, 9.17) is 5.73 Å². The number of nitrogens with zero attached hydrogens (tertiary/aromatic N) is 1. The van der Waals surface area contributed by atoms with E-state index >= 15 is 0 Å². The molecule has 98 valence electrons. The highest BCUT2D eigenvalue weighted by atomic mass is 16.6. The van der Waals surface area contributed by atoms with Crippen molar-refractivity contribution < 1.29 is 9.72 Å². The standard InChI is InChI=1S/C11H16N4O3/c12-8-3-1-2-4-9(8)14-11(16)10-5-7(6-13-10)15(17)18/h5-6,8-9,13H,1-4,12H2,(H,14,16)/t8-,9-/m1/s1. The van der Waals surface area contributed by atoms with Crippen LogP contribution in [0.4, 0.5) is 5.69 Å². The van der Waals surface area contributed by atoms with E-state index in [2.05, 4.69) is 10.3 Å². The largest absolute Gasteiger partial charge is 0.351 e. The summed E-state index contributed by atoms with van der Waals surface area (Å²) in [6.07, 6.45) is 5.09. The topological polar surface area (TPSA) is 114 Å². The van der Waals surface area contributed by atoms with Crippen LogP contribution in [0.3, 0.4) is 0 Å². The number of aromatic amines is 1. The van der Waals surface area contributed by atoms with Gasteiger partial charge in [-0.2, -0.15) is 0 Å². The number of carbonyl (C=O) groups excluding carboxylic acids is 1. The molecule has 0 bridgehead atoms. The fourth-order valence-electron chi connectivity index (χ4n) is 2.20. The predicted molar refractivity (Wildman–Crippen MR) is 65.1 cm³/mol. The minimum absolute atomic E-state index is 0.0346. The summed E-state index contributed by atoms with van der Waals surface area (Å²) in [6.45, 7) is 0. The Hall–Kier alpha value is -1.89. The molecule has 7 nitrogen and oxygen atoms in total. The summed E-state index contributed by atoms with van der Waals surface area (Å²) in [5.74, 6) is -0.342. The van der Waals surface area contributed by atoms with Gasteiger partial charge in [0.2, 0.25) is 0 Å². The van der Waals surface area contributed by atoms with Crippen LogP contribution in [-0.4, -0.2) is 27.9 Å². The molecule has 18 heavy (non-hydrogen) atoms. The van der Waals surface area contributed by atoms with Gasteiger partial charge < -0.3 is 16.0 Å². The Balaban J connectivity index is 2.00. The molecule has 0 aromatic carbocycles. The average Bonchev–Trinajstić information content (AvgIpc) is 2.81. The second-order valence-electron chi connectivity index (χ2n) is 4.56. The Bertz CT molecular complexity index is 457. The third-order valence-corrected chi connectivity index (χ3v) is 3.26. The lowest BCUT2D eigenvalue weighted by Crippen LogP contribution is -2.49. The fourth-order valence-corrected chi connectivity index (χ4v) is 2.20. The average molecular weight is 252 g/mol. The van der Waals surface area contributed by atoms with Crippen molar-refractivity contribution in [3.05, 3.63) is 28.1 Å². The van der Waals surface area contributed by atoms with E-state index in [1.54, 1.807) is 0 Å². The Kier molecular flexibility index (Phi) is 3.61. The number of nitrogens with one attached hydrogen (secondary N) is 2. The number of H-pyrrole nitrogens is 1. The van der Waals surface area contributed by atoms with E-state index in [-0.39, 0.29) is 29.4 Å². The Morgan fingerprint density at radius 1 is 1.50 bits per heavy atom. The molecular weight excluding hydrogens is 236 g/mol. The van der Waals surface area contributed by atoms with Crippen molar-refractivity contribution in [2.45, 2.75) is 37.8 Å². The molecule has 1 aliphatic rings. The normalized spacial score (nSPS) is 23.6. The predicted octanol–water partition coefficient (Wildman–Crippen LogP) is 0.923. The minimum atomic E-state index is -0.542. The number of rotatable bonds is 3. The van der Waals surface area contributed by atoms with E-state index in [0.29, 0.717) is 0 Å². The molecule has 1 saturated carbocycles. The highest BCUT2D eigenvalue weighted by molar-refractivity contribution is 5.93. The van der Waals surface area contributed by atoms with Gasteiger partial charge in [0.1, 0.15) is 5.69 Å². The SMILES string of the molecule is N[C@@H]1CCCC[C@H]1NC(=O)c1cc([N+](=O)[O-])c[nH]1. The molecule has 7 heteroatoms. The number of nitrogens with two attached hydrogens (primary N) is 1. The zero-order valence-corrected chi connectivity index (χ0v) is 9.89.